The van der Waals surface area contributed by atoms with Crippen molar-refractivity contribution in [3.63, 3.8) is 0 Å². The zero-order valence-electron chi connectivity index (χ0n) is 9.97. The van der Waals surface area contributed by atoms with Crippen LogP contribution in [0.25, 0.3) is 0 Å². The first-order chi connectivity index (χ1) is 8.74. The van der Waals surface area contributed by atoms with E-state index in [1.54, 1.807) is 18.3 Å². The minimum Gasteiger partial charge on any atom is -0.383 e. The van der Waals surface area contributed by atoms with Gasteiger partial charge in [0.25, 0.3) is 0 Å². The minimum atomic E-state index is -0.363. The average molecular weight is 238 g/mol. The number of ketones is 1. The van der Waals surface area contributed by atoms with Crippen LogP contribution in [0.4, 0.5) is 5.82 Å². The monoisotopic (exact) mass is 238 g/mol. The lowest BCUT2D eigenvalue weighted by atomic mass is 9.88. The summed E-state index contributed by atoms with van der Waals surface area (Å²) < 4.78 is 0. The van der Waals surface area contributed by atoms with Crippen molar-refractivity contribution < 1.29 is 4.79 Å². The number of aromatic nitrogens is 1. The van der Waals surface area contributed by atoms with Gasteiger partial charge in [0.2, 0.25) is 0 Å². The molecule has 2 N–H and O–H groups in total. The molecule has 3 rings (SSSR count). The second-order valence-electron chi connectivity index (χ2n) is 4.71. The summed E-state index contributed by atoms with van der Waals surface area (Å²) in [6, 6.07) is 13.4. The number of hydrogen-bond donors (Lipinski definition) is 1. The maximum absolute atomic E-state index is 12.6. The third kappa shape index (κ3) is 1.59. The van der Waals surface area contributed by atoms with Crippen LogP contribution in [0.1, 0.15) is 28.8 Å². The summed E-state index contributed by atoms with van der Waals surface area (Å²) in [4.78, 5) is 16.6. The number of benzene rings is 1. The molecule has 0 unspecified atom stereocenters. The number of hydrogen-bond acceptors (Lipinski definition) is 3. The van der Waals surface area contributed by atoms with Crippen molar-refractivity contribution >= 4 is 11.6 Å². The third-order valence-electron chi connectivity index (χ3n) is 3.59. The Morgan fingerprint density at radius 3 is 2.44 bits per heavy atom. The van der Waals surface area contributed by atoms with Crippen LogP contribution in [-0.4, -0.2) is 10.8 Å². The third-order valence-corrected chi connectivity index (χ3v) is 3.59. The number of Topliss-reactive ketones (excluding diaryl/α,β-unsaturated/α-hetero) is 1. The summed E-state index contributed by atoms with van der Waals surface area (Å²) in [5, 5.41) is 0. The maximum Gasteiger partial charge on any atom is 0.177 e. The summed E-state index contributed by atoms with van der Waals surface area (Å²) in [7, 11) is 0. The SMILES string of the molecule is Nc1ncccc1C(=O)C1(c2ccccc2)CC1. The molecule has 0 spiro atoms. The van der Waals surface area contributed by atoms with Crippen molar-refractivity contribution in [2.75, 3.05) is 5.73 Å². The van der Waals surface area contributed by atoms with Gasteiger partial charge in [-0.05, 0) is 30.5 Å². The van der Waals surface area contributed by atoms with Gasteiger partial charge in [0.1, 0.15) is 5.82 Å². The molecule has 2 aromatic rings. The Morgan fingerprint density at radius 1 is 1.11 bits per heavy atom. The fraction of sp³-hybridized carbons (Fsp3) is 0.200. The van der Waals surface area contributed by atoms with Crippen LogP contribution in [0.3, 0.4) is 0 Å². The highest BCUT2D eigenvalue weighted by atomic mass is 16.1. The Bertz CT molecular complexity index is 588. The molecule has 0 radical (unpaired) electrons. The van der Waals surface area contributed by atoms with E-state index >= 15 is 0 Å². The maximum atomic E-state index is 12.6. The fourth-order valence-corrected chi connectivity index (χ4v) is 2.40. The number of nitrogens with two attached hydrogens (primary N) is 1. The smallest absolute Gasteiger partial charge is 0.177 e. The van der Waals surface area contributed by atoms with Crippen LogP contribution in [0, 0.1) is 0 Å². The average Bonchev–Trinajstić information content (AvgIpc) is 3.21. The summed E-state index contributed by atoms with van der Waals surface area (Å²) in [6.07, 6.45) is 3.39. The zero-order chi connectivity index (χ0) is 12.6. The number of nitrogens with zero attached hydrogens (tertiary/aromatic N) is 1. The molecule has 0 saturated heterocycles. The van der Waals surface area contributed by atoms with Gasteiger partial charge in [0, 0.05) is 6.20 Å². The van der Waals surface area contributed by atoms with Crippen LogP contribution in [0.5, 0.6) is 0 Å². The second-order valence-corrected chi connectivity index (χ2v) is 4.71. The number of rotatable bonds is 3. The summed E-state index contributed by atoms with van der Waals surface area (Å²) in [5.74, 6) is 0.420. The van der Waals surface area contributed by atoms with E-state index < -0.39 is 0 Å². The van der Waals surface area contributed by atoms with E-state index in [1.165, 1.54) is 0 Å². The largest absolute Gasteiger partial charge is 0.383 e. The molecule has 1 heterocycles. The van der Waals surface area contributed by atoms with Gasteiger partial charge >= 0.3 is 0 Å². The van der Waals surface area contributed by atoms with E-state index in [1.807, 2.05) is 30.3 Å². The first-order valence-electron chi connectivity index (χ1n) is 6.05. The lowest BCUT2D eigenvalue weighted by Gasteiger charge is -2.15. The van der Waals surface area contributed by atoms with E-state index in [2.05, 4.69) is 4.98 Å². The highest BCUT2D eigenvalue weighted by Gasteiger charge is 2.51. The molecule has 0 bridgehead atoms. The van der Waals surface area contributed by atoms with Gasteiger partial charge in [-0.1, -0.05) is 30.3 Å². The molecule has 0 atom stereocenters. The normalized spacial score (nSPS) is 16.2. The molecule has 18 heavy (non-hydrogen) atoms. The molecule has 1 aromatic carbocycles. The molecule has 1 aromatic heterocycles. The van der Waals surface area contributed by atoms with Gasteiger partial charge < -0.3 is 5.73 Å². The predicted molar refractivity (Wildman–Crippen MR) is 70.3 cm³/mol. The second kappa shape index (κ2) is 3.95. The van der Waals surface area contributed by atoms with Crippen molar-refractivity contribution in [3.8, 4) is 0 Å². The van der Waals surface area contributed by atoms with Crippen molar-refractivity contribution in [2.24, 2.45) is 0 Å². The van der Waals surface area contributed by atoms with Crippen molar-refractivity contribution in [3.05, 3.63) is 59.8 Å². The molecule has 0 amide bonds. The van der Waals surface area contributed by atoms with Gasteiger partial charge in [-0.2, -0.15) is 0 Å². The Morgan fingerprint density at radius 2 is 1.83 bits per heavy atom. The number of anilines is 1. The van der Waals surface area contributed by atoms with E-state index in [4.69, 9.17) is 5.73 Å². The summed E-state index contributed by atoms with van der Waals surface area (Å²) in [6.45, 7) is 0. The Hall–Kier alpha value is -2.16. The topological polar surface area (TPSA) is 56.0 Å². The quantitative estimate of drug-likeness (QED) is 0.836. The first-order valence-corrected chi connectivity index (χ1v) is 6.05. The molecular weight excluding hydrogens is 224 g/mol. The van der Waals surface area contributed by atoms with Gasteiger partial charge in [-0.15, -0.1) is 0 Å². The molecule has 1 fully saturated rings. The fourth-order valence-electron chi connectivity index (χ4n) is 2.40. The lowest BCUT2D eigenvalue weighted by Crippen LogP contribution is -2.22. The molecular formula is C15H14N2O. The van der Waals surface area contributed by atoms with E-state index in [9.17, 15) is 4.79 Å². The van der Waals surface area contributed by atoms with Crippen molar-refractivity contribution in [1.29, 1.82) is 0 Å². The molecule has 0 aliphatic heterocycles. The van der Waals surface area contributed by atoms with Crippen LogP contribution in [0.2, 0.25) is 0 Å². The molecule has 3 heteroatoms. The summed E-state index contributed by atoms with van der Waals surface area (Å²) >= 11 is 0. The standard InChI is InChI=1S/C15H14N2O/c16-14-12(7-4-10-17-14)13(18)15(8-9-15)11-5-2-1-3-6-11/h1-7,10H,8-9H2,(H2,16,17). The van der Waals surface area contributed by atoms with Crippen LogP contribution in [-0.2, 0) is 5.41 Å². The molecule has 3 nitrogen and oxygen atoms in total. The Balaban J connectivity index is 2.01. The number of pyridine rings is 1. The summed E-state index contributed by atoms with van der Waals surface area (Å²) in [5.41, 5.74) is 7.05. The number of carbonyl (C=O) groups is 1. The predicted octanol–water partition coefficient (Wildman–Crippen LogP) is 2.58. The van der Waals surface area contributed by atoms with E-state index in [0.29, 0.717) is 11.4 Å². The van der Waals surface area contributed by atoms with Crippen LogP contribution >= 0.6 is 0 Å². The van der Waals surface area contributed by atoms with E-state index in [0.717, 1.165) is 18.4 Å². The Labute approximate surface area is 106 Å². The van der Waals surface area contributed by atoms with Crippen LogP contribution in [0.15, 0.2) is 48.7 Å². The molecule has 90 valence electrons. The Kier molecular flexibility index (Phi) is 2.40. The van der Waals surface area contributed by atoms with Gasteiger partial charge in [0.15, 0.2) is 5.78 Å². The molecule has 1 aliphatic rings. The van der Waals surface area contributed by atoms with Gasteiger partial charge in [-0.25, -0.2) is 4.98 Å². The van der Waals surface area contributed by atoms with Crippen LogP contribution < -0.4 is 5.73 Å². The number of carbonyl (C=O) groups excluding carboxylic acids is 1. The minimum absolute atomic E-state index is 0.0966. The first kappa shape index (κ1) is 11.0. The zero-order valence-corrected chi connectivity index (χ0v) is 9.97. The van der Waals surface area contributed by atoms with E-state index in [-0.39, 0.29) is 11.2 Å². The highest BCUT2D eigenvalue weighted by Crippen LogP contribution is 2.50. The number of nitrogen functional groups attached to an aromatic ring is 1. The van der Waals surface area contributed by atoms with Gasteiger partial charge in [-0.3, -0.25) is 4.79 Å². The van der Waals surface area contributed by atoms with Crippen molar-refractivity contribution in [1.82, 2.24) is 4.98 Å². The van der Waals surface area contributed by atoms with Crippen molar-refractivity contribution in [2.45, 2.75) is 18.3 Å². The highest BCUT2D eigenvalue weighted by molar-refractivity contribution is 6.08. The van der Waals surface area contributed by atoms with Gasteiger partial charge in [0.05, 0.1) is 11.0 Å². The lowest BCUT2D eigenvalue weighted by molar-refractivity contribution is 0.0946. The molecule has 1 aliphatic carbocycles. The molecule has 1 saturated carbocycles.